The van der Waals surface area contributed by atoms with Gasteiger partial charge in [0.1, 0.15) is 11.4 Å². The number of carbonyl (C=O) groups is 2. The summed E-state index contributed by atoms with van der Waals surface area (Å²) in [5.74, 6) is 0.521. The molecule has 9 heteroatoms. The minimum atomic E-state index is -0.543. The van der Waals surface area contributed by atoms with Crippen LogP contribution in [0.1, 0.15) is 43.2 Å². The third-order valence-corrected chi connectivity index (χ3v) is 5.21. The number of halogens is 1. The summed E-state index contributed by atoms with van der Waals surface area (Å²) in [6.45, 7) is 9.59. The number of benzene rings is 1. The van der Waals surface area contributed by atoms with Gasteiger partial charge >= 0.3 is 6.09 Å². The van der Waals surface area contributed by atoms with Gasteiger partial charge in [0.05, 0.1) is 0 Å². The molecule has 0 bridgehead atoms. The first-order valence-electron chi connectivity index (χ1n) is 10.3. The summed E-state index contributed by atoms with van der Waals surface area (Å²) in [4.78, 5) is 28.6. The normalized spacial score (nSPS) is 14.9. The van der Waals surface area contributed by atoms with E-state index in [2.05, 4.69) is 5.10 Å². The average molecular weight is 449 g/mol. The highest BCUT2D eigenvalue weighted by atomic mass is 35.5. The first-order chi connectivity index (χ1) is 14.6. The van der Waals surface area contributed by atoms with E-state index in [1.54, 1.807) is 38.9 Å². The lowest BCUT2D eigenvalue weighted by Crippen LogP contribution is -2.40. The van der Waals surface area contributed by atoms with E-state index in [9.17, 15) is 9.59 Å². The Morgan fingerprint density at radius 2 is 1.81 bits per heavy atom. The van der Waals surface area contributed by atoms with Crippen LogP contribution in [0.2, 0.25) is 5.02 Å². The molecule has 1 saturated heterocycles. The smallest absolute Gasteiger partial charge is 0.410 e. The van der Waals surface area contributed by atoms with E-state index in [4.69, 9.17) is 21.1 Å². The van der Waals surface area contributed by atoms with Gasteiger partial charge in [-0.15, -0.1) is 0 Å². The number of nitrogens with zero attached hydrogens (tertiary/aromatic N) is 4. The lowest BCUT2D eigenvalue weighted by atomic mass is 10.2. The first-order valence-corrected chi connectivity index (χ1v) is 10.7. The summed E-state index contributed by atoms with van der Waals surface area (Å²) in [6.07, 6.45) is 2.05. The van der Waals surface area contributed by atoms with Crippen molar-refractivity contribution in [3.05, 3.63) is 46.7 Å². The number of rotatable bonds is 4. The minimum absolute atomic E-state index is 0.160. The van der Waals surface area contributed by atoms with Crippen molar-refractivity contribution in [3.63, 3.8) is 0 Å². The van der Waals surface area contributed by atoms with E-state index in [-0.39, 0.29) is 18.7 Å². The third kappa shape index (κ3) is 6.37. The summed E-state index contributed by atoms with van der Waals surface area (Å²) < 4.78 is 12.7. The van der Waals surface area contributed by atoms with Gasteiger partial charge in [-0.25, -0.2) is 9.48 Å². The Kier molecular flexibility index (Phi) is 7.10. The summed E-state index contributed by atoms with van der Waals surface area (Å²) in [7, 11) is 0. The van der Waals surface area contributed by atoms with Crippen molar-refractivity contribution in [2.75, 3.05) is 26.2 Å². The molecular weight excluding hydrogens is 420 g/mol. The molecule has 2 heterocycles. The van der Waals surface area contributed by atoms with E-state index in [1.165, 1.54) is 0 Å². The second-order valence-electron chi connectivity index (χ2n) is 8.54. The second kappa shape index (κ2) is 9.60. The van der Waals surface area contributed by atoms with Gasteiger partial charge in [0.2, 0.25) is 0 Å². The number of hydrogen-bond acceptors (Lipinski definition) is 5. The SMILES string of the molecule is Cc1cc(OCn2ccc(C(=O)N3CCCN(C(=O)OC(C)(C)C)CC3)n2)ccc1Cl. The molecule has 3 rings (SSSR count). The maximum absolute atomic E-state index is 12.9. The van der Waals surface area contributed by atoms with E-state index in [0.29, 0.717) is 49.1 Å². The first kappa shape index (κ1) is 22.9. The zero-order valence-electron chi connectivity index (χ0n) is 18.4. The fourth-order valence-corrected chi connectivity index (χ4v) is 3.30. The maximum Gasteiger partial charge on any atom is 0.410 e. The van der Waals surface area contributed by atoms with Crippen LogP contribution in [0.15, 0.2) is 30.5 Å². The standard InChI is InChI=1S/C22H29ClN4O4/c1-16-14-17(6-7-18(16)23)30-15-27-11-8-19(24-27)20(28)25-9-5-10-26(13-12-25)21(29)31-22(2,3)4/h6-8,11,14H,5,9-10,12-13,15H2,1-4H3. The van der Waals surface area contributed by atoms with Gasteiger partial charge in [0.25, 0.3) is 5.91 Å². The number of aromatic nitrogens is 2. The molecule has 0 saturated carbocycles. The highest BCUT2D eigenvalue weighted by Gasteiger charge is 2.27. The van der Waals surface area contributed by atoms with Crippen molar-refractivity contribution in [2.45, 2.75) is 46.4 Å². The van der Waals surface area contributed by atoms with E-state index < -0.39 is 5.60 Å². The highest BCUT2D eigenvalue weighted by Crippen LogP contribution is 2.21. The molecule has 0 unspecified atom stereocenters. The number of carbonyl (C=O) groups excluding carboxylic acids is 2. The number of hydrogen-bond donors (Lipinski definition) is 0. The Balaban J connectivity index is 1.55. The Bertz CT molecular complexity index is 938. The van der Waals surface area contributed by atoms with Crippen LogP contribution in [0.3, 0.4) is 0 Å². The van der Waals surface area contributed by atoms with Gasteiger partial charge in [-0.05, 0) is 63.9 Å². The fraction of sp³-hybridized carbons (Fsp3) is 0.500. The van der Waals surface area contributed by atoms with Crippen LogP contribution in [-0.4, -0.2) is 63.4 Å². The molecule has 0 aliphatic carbocycles. The maximum atomic E-state index is 12.9. The Hall–Kier alpha value is -2.74. The van der Waals surface area contributed by atoms with E-state index >= 15 is 0 Å². The van der Waals surface area contributed by atoms with Crippen molar-refractivity contribution in [3.8, 4) is 5.75 Å². The topological polar surface area (TPSA) is 76.9 Å². The molecule has 1 aliphatic heterocycles. The van der Waals surface area contributed by atoms with Gasteiger partial charge in [-0.3, -0.25) is 4.79 Å². The monoisotopic (exact) mass is 448 g/mol. The van der Waals surface area contributed by atoms with Crippen LogP contribution in [0.25, 0.3) is 0 Å². The van der Waals surface area contributed by atoms with Crippen LogP contribution in [-0.2, 0) is 11.5 Å². The number of amides is 2. The molecule has 0 radical (unpaired) electrons. The average Bonchev–Trinajstić information content (AvgIpc) is 3.02. The van der Waals surface area contributed by atoms with Crippen molar-refractivity contribution >= 4 is 23.6 Å². The molecule has 2 amide bonds. The predicted molar refractivity (Wildman–Crippen MR) is 117 cm³/mol. The number of ether oxygens (including phenoxy) is 2. The zero-order chi connectivity index (χ0) is 22.6. The third-order valence-electron chi connectivity index (χ3n) is 4.79. The van der Waals surface area contributed by atoms with Crippen molar-refractivity contribution in [1.82, 2.24) is 19.6 Å². The van der Waals surface area contributed by atoms with Crippen LogP contribution >= 0.6 is 11.6 Å². The van der Waals surface area contributed by atoms with Crippen molar-refractivity contribution < 1.29 is 19.1 Å². The van der Waals surface area contributed by atoms with Crippen molar-refractivity contribution in [1.29, 1.82) is 0 Å². The van der Waals surface area contributed by atoms with Gasteiger partial charge < -0.3 is 19.3 Å². The molecular formula is C22H29ClN4O4. The summed E-state index contributed by atoms with van der Waals surface area (Å²) >= 11 is 6.03. The van der Waals surface area contributed by atoms with Gasteiger partial charge in [0.15, 0.2) is 12.4 Å². The predicted octanol–water partition coefficient (Wildman–Crippen LogP) is 3.96. The van der Waals surface area contributed by atoms with Gasteiger partial charge in [-0.2, -0.15) is 5.10 Å². The largest absolute Gasteiger partial charge is 0.471 e. The Morgan fingerprint density at radius 3 is 2.52 bits per heavy atom. The molecule has 1 aromatic heterocycles. The van der Waals surface area contributed by atoms with Crippen LogP contribution in [0.5, 0.6) is 5.75 Å². The van der Waals surface area contributed by atoms with Gasteiger partial charge in [-0.1, -0.05) is 11.6 Å². The van der Waals surface area contributed by atoms with E-state index in [0.717, 1.165) is 5.56 Å². The highest BCUT2D eigenvalue weighted by molar-refractivity contribution is 6.31. The zero-order valence-corrected chi connectivity index (χ0v) is 19.2. The lowest BCUT2D eigenvalue weighted by Gasteiger charge is -2.26. The molecule has 2 aromatic rings. The van der Waals surface area contributed by atoms with Crippen molar-refractivity contribution in [2.24, 2.45) is 0 Å². The summed E-state index contributed by atoms with van der Waals surface area (Å²) in [5, 5.41) is 5.03. The molecule has 1 aromatic carbocycles. The van der Waals surface area contributed by atoms with Crippen LogP contribution in [0.4, 0.5) is 4.79 Å². The quantitative estimate of drug-likeness (QED) is 0.707. The Morgan fingerprint density at radius 1 is 1.10 bits per heavy atom. The lowest BCUT2D eigenvalue weighted by molar-refractivity contribution is 0.0255. The molecule has 0 N–H and O–H groups in total. The molecule has 8 nitrogen and oxygen atoms in total. The van der Waals surface area contributed by atoms with Crippen LogP contribution in [0, 0.1) is 6.92 Å². The molecule has 0 spiro atoms. The number of aryl methyl sites for hydroxylation is 1. The van der Waals surface area contributed by atoms with Crippen LogP contribution < -0.4 is 4.74 Å². The Labute approximate surface area is 187 Å². The summed E-state index contributed by atoms with van der Waals surface area (Å²) in [6, 6.07) is 7.10. The fourth-order valence-electron chi connectivity index (χ4n) is 3.19. The molecule has 1 fully saturated rings. The van der Waals surface area contributed by atoms with E-state index in [1.807, 2.05) is 33.8 Å². The minimum Gasteiger partial charge on any atom is -0.471 e. The molecule has 1 aliphatic rings. The molecule has 0 atom stereocenters. The molecule has 31 heavy (non-hydrogen) atoms. The molecule has 168 valence electrons. The van der Waals surface area contributed by atoms with Gasteiger partial charge in [0, 0.05) is 37.4 Å². The summed E-state index contributed by atoms with van der Waals surface area (Å²) in [5.41, 5.74) is 0.733. The second-order valence-corrected chi connectivity index (χ2v) is 8.95.